The fourth-order valence-electron chi connectivity index (χ4n) is 1.23. The van der Waals surface area contributed by atoms with Crippen LogP contribution in [0.25, 0.3) is 0 Å². The largest absolute Gasteiger partial charge is 0.445 e. The minimum atomic E-state index is -1.63. The molecule has 20 heavy (non-hydrogen) atoms. The molecule has 1 aliphatic rings. The van der Waals surface area contributed by atoms with E-state index in [0.29, 0.717) is 17.8 Å². The summed E-state index contributed by atoms with van der Waals surface area (Å²) >= 11 is 26.5. The molecule has 1 aliphatic heterocycles. The summed E-state index contributed by atoms with van der Waals surface area (Å²) in [6, 6.07) is 0. The lowest BCUT2D eigenvalue weighted by Gasteiger charge is -2.22. The molecule has 0 N–H and O–H groups in total. The summed E-state index contributed by atoms with van der Waals surface area (Å²) in [4.78, 5) is 16.6. The smallest absolute Gasteiger partial charge is 0.296 e. The lowest BCUT2D eigenvalue weighted by molar-refractivity contribution is 0.137. The molecule has 0 saturated carbocycles. The third-order valence-corrected chi connectivity index (χ3v) is 6.25. The molecule has 0 aliphatic carbocycles. The van der Waals surface area contributed by atoms with Gasteiger partial charge in [-0.1, -0.05) is 40.0 Å². The molecule has 1 rings (SSSR count). The predicted molar refractivity (Wildman–Crippen MR) is 93.6 cm³/mol. The summed E-state index contributed by atoms with van der Waals surface area (Å²) in [5.74, 6) is 2.50. The molecule has 0 aromatic rings. The van der Waals surface area contributed by atoms with E-state index in [1.54, 1.807) is 23.5 Å². The fraction of sp³-hybridized carbons (Fsp3) is 0.778. The third-order valence-electron chi connectivity index (χ3n) is 2.01. The molecular weight excluding hydrogens is 406 g/mol. The second-order valence-corrected chi connectivity index (χ2v) is 10.6. The molecular formula is C9H12Cl4N2O2S3. The lowest BCUT2D eigenvalue weighted by atomic mass is 10.3. The molecule has 11 heteroatoms. The van der Waals surface area contributed by atoms with Gasteiger partial charge in [0.15, 0.2) is 0 Å². The predicted octanol–water partition coefficient (Wildman–Crippen LogP) is 4.82. The number of carbonyl (C=O) groups excluding carboxylic acids is 1. The van der Waals surface area contributed by atoms with E-state index in [9.17, 15) is 4.79 Å². The van der Waals surface area contributed by atoms with Gasteiger partial charge in [0.1, 0.15) is 5.04 Å². The van der Waals surface area contributed by atoms with Crippen LogP contribution < -0.4 is 0 Å². The Balaban J connectivity index is 2.54. The molecule has 1 atom stereocenters. The second-order valence-electron chi connectivity index (χ2n) is 3.51. The standard InChI is InChI=1S/C9H12Cl4N2O2S3/c1-15(20-9(11,12)13)8(16)17-14-7-6(2-3-10)18-4-5-19-7/h6H,2-5H2,1H3. The molecule has 1 saturated heterocycles. The number of carbonyl (C=O) groups is 1. The minimum Gasteiger partial charge on any atom is -0.296 e. The summed E-state index contributed by atoms with van der Waals surface area (Å²) in [5.41, 5.74) is 0. The number of halogens is 4. The van der Waals surface area contributed by atoms with Crippen molar-refractivity contribution in [2.45, 2.75) is 14.8 Å². The van der Waals surface area contributed by atoms with Crippen molar-refractivity contribution in [1.82, 2.24) is 4.31 Å². The van der Waals surface area contributed by atoms with Crippen LogP contribution in [-0.2, 0) is 4.84 Å². The monoisotopic (exact) mass is 416 g/mol. The topological polar surface area (TPSA) is 41.9 Å². The summed E-state index contributed by atoms with van der Waals surface area (Å²) in [6.45, 7) is 0. The van der Waals surface area contributed by atoms with Crippen LogP contribution in [0.1, 0.15) is 6.42 Å². The summed E-state index contributed by atoms with van der Waals surface area (Å²) in [5, 5.41) is 4.84. The van der Waals surface area contributed by atoms with Gasteiger partial charge in [-0.3, -0.25) is 4.84 Å². The number of hydrogen-bond donors (Lipinski definition) is 0. The summed E-state index contributed by atoms with van der Waals surface area (Å²) in [6.07, 6.45) is 0.0866. The highest BCUT2D eigenvalue weighted by atomic mass is 35.6. The molecule has 1 fully saturated rings. The third kappa shape index (κ3) is 7.42. The zero-order valence-electron chi connectivity index (χ0n) is 10.4. The molecule has 4 nitrogen and oxygen atoms in total. The Morgan fingerprint density at radius 1 is 1.55 bits per heavy atom. The second kappa shape index (κ2) is 9.33. The number of nitrogens with zero attached hydrogens (tertiary/aromatic N) is 2. The molecule has 0 aromatic heterocycles. The Morgan fingerprint density at radius 2 is 2.25 bits per heavy atom. The van der Waals surface area contributed by atoms with Gasteiger partial charge in [-0.25, -0.2) is 9.10 Å². The first kappa shape index (κ1) is 19.2. The normalized spacial score (nSPS) is 21.9. The molecule has 0 bridgehead atoms. The molecule has 0 aromatic carbocycles. The van der Waals surface area contributed by atoms with Gasteiger partial charge in [-0.2, -0.15) is 11.8 Å². The lowest BCUT2D eigenvalue weighted by Crippen LogP contribution is -2.25. The summed E-state index contributed by atoms with van der Waals surface area (Å²) < 4.78 is -0.550. The van der Waals surface area contributed by atoms with Gasteiger partial charge in [0.2, 0.25) is 0 Å². The van der Waals surface area contributed by atoms with Crippen molar-refractivity contribution < 1.29 is 9.63 Å². The van der Waals surface area contributed by atoms with Crippen LogP contribution in [0.5, 0.6) is 0 Å². The number of hydrogen-bond acceptors (Lipinski definition) is 6. The maximum absolute atomic E-state index is 11.7. The highest BCUT2D eigenvalue weighted by Gasteiger charge is 2.28. The fourth-order valence-corrected chi connectivity index (χ4v) is 5.41. The van der Waals surface area contributed by atoms with Crippen LogP contribution in [0.4, 0.5) is 4.79 Å². The van der Waals surface area contributed by atoms with E-state index in [-0.39, 0.29) is 5.25 Å². The first-order valence-corrected chi connectivity index (χ1v) is 9.90. The van der Waals surface area contributed by atoms with E-state index in [0.717, 1.165) is 27.3 Å². The first-order chi connectivity index (χ1) is 9.33. The molecule has 1 amide bonds. The maximum atomic E-state index is 11.7. The minimum absolute atomic E-state index is 0.171. The number of rotatable bonds is 4. The molecule has 116 valence electrons. The average molecular weight is 418 g/mol. The Labute approximate surface area is 150 Å². The van der Waals surface area contributed by atoms with Gasteiger partial charge in [-0.15, -0.1) is 23.4 Å². The van der Waals surface area contributed by atoms with E-state index in [2.05, 4.69) is 5.16 Å². The van der Waals surface area contributed by atoms with E-state index < -0.39 is 9.22 Å². The van der Waals surface area contributed by atoms with Crippen molar-refractivity contribution in [1.29, 1.82) is 0 Å². The van der Waals surface area contributed by atoms with Crippen molar-refractivity contribution in [3.05, 3.63) is 0 Å². The number of amides is 1. The first-order valence-electron chi connectivity index (χ1n) is 5.42. The average Bonchev–Trinajstić information content (AvgIpc) is 2.35. The van der Waals surface area contributed by atoms with Crippen molar-refractivity contribution in [2.24, 2.45) is 5.16 Å². The van der Waals surface area contributed by atoms with Crippen molar-refractivity contribution >= 4 is 93.0 Å². The molecule has 1 heterocycles. The van der Waals surface area contributed by atoms with Crippen LogP contribution in [-0.4, -0.2) is 48.3 Å². The van der Waals surface area contributed by atoms with Gasteiger partial charge in [-0.05, 0) is 6.42 Å². The number of alkyl halides is 4. The maximum Gasteiger partial charge on any atom is 0.445 e. The Morgan fingerprint density at radius 3 is 2.85 bits per heavy atom. The number of oxime groups is 1. The van der Waals surface area contributed by atoms with Crippen molar-refractivity contribution in [2.75, 3.05) is 24.4 Å². The van der Waals surface area contributed by atoms with E-state index in [1.165, 1.54) is 7.05 Å². The molecule has 1 unspecified atom stereocenters. The van der Waals surface area contributed by atoms with Gasteiger partial charge < -0.3 is 0 Å². The van der Waals surface area contributed by atoms with E-state index in [1.807, 2.05) is 0 Å². The molecule has 0 spiro atoms. The van der Waals surface area contributed by atoms with Gasteiger partial charge in [0.05, 0.1) is 5.25 Å². The van der Waals surface area contributed by atoms with Crippen LogP contribution >= 0.6 is 81.9 Å². The zero-order chi connectivity index (χ0) is 15.2. The van der Waals surface area contributed by atoms with Crippen LogP contribution in [0.3, 0.4) is 0 Å². The molecule has 0 radical (unpaired) electrons. The quantitative estimate of drug-likeness (QED) is 0.284. The van der Waals surface area contributed by atoms with E-state index >= 15 is 0 Å². The van der Waals surface area contributed by atoms with Crippen molar-refractivity contribution in [3.63, 3.8) is 0 Å². The Hall–Kier alpha value is 1.15. The van der Waals surface area contributed by atoms with Crippen molar-refractivity contribution in [3.8, 4) is 0 Å². The van der Waals surface area contributed by atoms with Crippen LogP contribution in [0.2, 0.25) is 0 Å². The van der Waals surface area contributed by atoms with Crippen LogP contribution in [0.15, 0.2) is 5.16 Å². The van der Waals surface area contributed by atoms with Gasteiger partial charge >= 0.3 is 6.09 Å². The van der Waals surface area contributed by atoms with Gasteiger partial charge in [0, 0.05) is 36.4 Å². The highest BCUT2D eigenvalue weighted by molar-refractivity contribution is 8.18. The zero-order valence-corrected chi connectivity index (χ0v) is 15.8. The Bertz CT molecular complexity index is 366. The summed E-state index contributed by atoms with van der Waals surface area (Å²) in [7, 11) is 1.44. The van der Waals surface area contributed by atoms with Gasteiger partial charge in [0.25, 0.3) is 3.12 Å². The number of thioether (sulfide) groups is 2. The highest BCUT2D eigenvalue weighted by Crippen LogP contribution is 2.40. The van der Waals surface area contributed by atoms with Crippen LogP contribution in [0, 0.1) is 0 Å². The SMILES string of the molecule is CN(SC(Cl)(Cl)Cl)C(=O)ON=C1SCCSC1CCCl. The Kier molecular flexibility index (Phi) is 8.95. The van der Waals surface area contributed by atoms with E-state index in [4.69, 9.17) is 51.2 Å².